The normalized spacial score (nSPS) is 12.1. The molecule has 116 valence electrons. The zero-order valence-corrected chi connectivity index (χ0v) is 14.0. The number of benzene rings is 1. The summed E-state index contributed by atoms with van der Waals surface area (Å²) in [5.41, 5.74) is 0.643. The van der Waals surface area contributed by atoms with Gasteiger partial charge in [0, 0.05) is 22.1 Å². The van der Waals surface area contributed by atoms with Gasteiger partial charge >= 0.3 is 0 Å². The summed E-state index contributed by atoms with van der Waals surface area (Å²) in [4.78, 5) is 24.4. The molecule has 0 spiro atoms. The van der Waals surface area contributed by atoms with E-state index in [2.05, 4.69) is 12.2 Å². The summed E-state index contributed by atoms with van der Waals surface area (Å²) in [7, 11) is 0. The predicted octanol–water partition coefficient (Wildman–Crippen LogP) is 4.68. The maximum Gasteiger partial charge on any atom is 0.229 e. The highest BCUT2D eigenvalue weighted by Crippen LogP contribution is 2.28. The molecule has 0 unspecified atom stereocenters. The van der Waals surface area contributed by atoms with Crippen molar-refractivity contribution in [2.24, 2.45) is 10.8 Å². The van der Waals surface area contributed by atoms with Crippen LogP contribution in [-0.4, -0.2) is 11.7 Å². The van der Waals surface area contributed by atoms with Crippen molar-refractivity contribution in [3.63, 3.8) is 0 Å². The van der Waals surface area contributed by atoms with Gasteiger partial charge in [0.25, 0.3) is 0 Å². The monoisotopic (exact) mass is 289 g/mol. The Labute approximate surface area is 128 Å². The van der Waals surface area contributed by atoms with Crippen LogP contribution in [0.1, 0.15) is 64.7 Å². The van der Waals surface area contributed by atoms with Crippen LogP contribution < -0.4 is 5.32 Å². The standard InChI is InChI=1S/C18H27NO2/c1-7-12-18(5,6)15(20)13-8-10-14(11-9-13)19-16(21)17(2,3)4/h8-11H,7,12H2,1-6H3,(H,19,21). The number of nitrogens with one attached hydrogen (secondary N) is 1. The van der Waals surface area contributed by atoms with Crippen molar-refractivity contribution in [1.82, 2.24) is 0 Å². The molecular formula is C18H27NO2. The van der Waals surface area contributed by atoms with Gasteiger partial charge in [-0.1, -0.05) is 48.0 Å². The summed E-state index contributed by atoms with van der Waals surface area (Å²) in [6, 6.07) is 7.16. The van der Waals surface area contributed by atoms with Crippen LogP contribution in [0, 0.1) is 10.8 Å². The van der Waals surface area contributed by atoms with Crippen LogP contribution in [0.5, 0.6) is 0 Å². The van der Waals surface area contributed by atoms with Gasteiger partial charge in [-0.3, -0.25) is 9.59 Å². The second-order valence-corrected chi connectivity index (χ2v) is 7.24. The SMILES string of the molecule is CCCC(C)(C)C(=O)c1ccc(NC(=O)C(C)(C)C)cc1. The molecule has 1 aromatic carbocycles. The first-order valence-corrected chi connectivity index (χ1v) is 7.54. The van der Waals surface area contributed by atoms with Gasteiger partial charge in [-0.2, -0.15) is 0 Å². The molecule has 0 saturated carbocycles. The topological polar surface area (TPSA) is 46.2 Å². The summed E-state index contributed by atoms with van der Waals surface area (Å²) < 4.78 is 0. The van der Waals surface area contributed by atoms with E-state index in [0.29, 0.717) is 5.56 Å². The van der Waals surface area contributed by atoms with E-state index in [1.54, 1.807) is 24.3 Å². The molecule has 0 aliphatic rings. The van der Waals surface area contributed by atoms with Crippen molar-refractivity contribution in [2.45, 2.75) is 54.4 Å². The van der Waals surface area contributed by atoms with E-state index in [9.17, 15) is 9.59 Å². The molecule has 0 heterocycles. The van der Waals surface area contributed by atoms with Gasteiger partial charge in [0.1, 0.15) is 0 Å². The van der Waals surface area contributed by atoms with Gasteiger partial charge in [0.05, 0.1) is 0 Å². The number of hydrogen-bond acceptors (Lipinski definition) is 2. The molecule has 0 radical (unpaired) electrons. The molecule has 0 aromatic heterocycles. The van der Waals surface area contributed by atoms with Crippen LogP contribution in [-0.2, 0) is 4.79 Å². The second kappa shape index (κ2) is 6.42. The first kappa shape index (κ1) is 17.4. The third-order valence-corrected chi connectivity index (χ3v) is 3.58. The zero-order chi connectivity index (χ0) is 16.3. The van der Waals surface area contributed by atoms with Gasteiger partial charge in [0.2, 0.25) is 5.91 Å². The minimum Gasteiger partial charge on any atom is -0.326 e. The summed E-state index contributed by atoms with van der Waals surface area (Å²) in [5, 5.41) is 2.86. The number of amides is 1. The summed E-state index contributed by atoms with van der Waals surface area (Å²) in [6.45, 7) is 11.6. The highest BCUT2D eigenvalue weighted by Gasteiger charge is 2.27. The number of ketones is 1. The Morgan fingerprint density at radius 1 is 1.00 bits per heavy atom. The molecule has 0 saturated heterocycles. The molecule has 21 heavy (non-hydrogen) atoms. The predicted molar refractivity (Wildman–Crippen MR) is 87.5 cm³/mol. The molecule has 1 N–H and O–H groups in total. The van der Waals surface area contributed by atoms with Crippen LogP contribution in [0.15, 0.2) is 24.3 Å². The highest BCUT2D eigenvalue weighted by molar-refractivity contribution is 6.01. The van der Waals surface area contributed by atoms with Crippen LogP contribution in [0.2, 0.25) is 0 Å². The molecule has 0 fully saturated rings. The van der Waals surface area contributed by atoms with Gasteiger partial charge in [-0.15, -0.1) is 0 Å². The Hall–Kier alpha value is -1.64. The zero-order valence-electron chi connectivity index (χ0n) is 14.0. The number of rotatable bonds is 5. The van der Waals surface area contributed by atoms with Crippen LogP contribution in [0.3, 0.4) is 0 Å². The number of hydrogen-bond donors (Lipinski definition) is 1. The van der Waals surface area contributed by atoms with Crippen LogP contribution >= 0.6 is 0 Å². The van der Waals surface area contributed by atoms with Crippen molar-refractivity contribution in [3.8, 4) is 0 Å². The highest BCUT2D eigenvalue weighted by atomic mass is 16.2. The van der Waals surface area contributed by atoms with Crippen molar-refractivity contribution >= 4 is 17.4 Å². The Balaban J connectivity index is 2.84. The lowest BCUT2D eigenvalue weighted by Crippen LogP contribution is -2.27. The largest absolute Gasteiger partial charge is 0.326 e. The van der Waals surface area contributed by atoms with Gasteiger partial charge in [0.15, 0.2) is 5.78 Å². The number of carbonyl (C=O) groups is 2. The van der Waals surface area contributed by atoms with Crippen molar-refractivity contribution in [1.29, 1.82) is 0 Å². The lowest BCUT2D eigenvalue weighted by molar-refractivity contribution is -0.123. The lowest BCUT2D eigenvalue weighted by Gasteiger charge is -2.22. The molecule has 3 nitrogen and oxygen atoms in total. The Morgan fingerprint density at radius 2 is 1.52 bits per heavy atom. The molecular weight excluding hydrogens is 262 g/mol. The molecule has 0 aliphatic carbocycles. The quantitative estimate of drug-likeness (QED) is 0.800. The maximum atomic E-state index is 12.5. The van der Waals surface area contributed by atoms with Crippen LogP contribution in [0.25, 0.3) is 0 Å². The van der Waals surface area contributed by atoms with E-state index in [1.807, 2.05) is 34.6 Å². The van der Waals surface area contributed by atoms with Gasteiger partial charge < -0.3 is 5.32 Å². The van der Waals surface area contributed by atoms with Crippen molar-refractivity contribution in [3.05, 3.63) is 29.8 Å². The van der Waals surface area contributed by atoms with Crippen molar-refractivity contribution < 1.29 is 9.59 Å². The fourth-order valence-corrected chi connectivity index (χ4v) is 2.15. The summed E-state index contributed by atoms with van der Waals surface area (Å²) >= 11 is 0. The average molecular weight is 289 g/mol. The van der Waals surface area contributed by atoms with Gasteiger partial charge in [-0.25, -0.2) is 0 Å². The third kappa shape index (κ3) is 4.69. The number of Topliss-reactive ketones (excluding diaryl/α,β-unsaturated/α-hetero) is 1. The van der Waals surface area contributed by atoms with E-state index < -0.39 is 5.41 Å². The third-order valence-electron chi connectivity index (χ3n) is 3.58. The fraction of sp³-hybridized carbons (Fsp3) is 0.556. The van der Waals surface area contributed by atoms with Gasteiger partial charge in [-0.05, 0) is 30.7 Å². The molecule has 1 amide bonds. The summed E-state index contributed by atoms with van der Waals surface area (Å²) in [5.74, 6) is 0.117. The molecule has 1 aromatic rings. The molecule has 0 bridgehead atoms. The second-order valence-electron chi connectivity index (χ2n) is 7.24. The maximum absolute atomic E-state index is 12.5. The Kier molecular flexibility index (Phi) is 5.32. The van der Waals surface area contributed by atoms with Crippen molar-refractivity contribution in [2.75, 3.05) is 5.32 Å². The minimum absolute atomic E-state index is 0.0344. The Morgan fingerprint density at radius 3 is 1.95 bits per heavy atom. The number of carbonyl (C=O) groups excluding carboxylic acids is 2. The summed E-state index contributed by atoms with van der Waals surface area (Å²) in [6.07, 6.45) is 1.85. The first-order valence-electron chi connectivity index (χ1n) is 7.54. The molecule has 1 rings (SSSR count). The van der Waals surface area contributed by atoms with E-state index in [-0.39, 0.29) is 17.1 Å². The van der Waals surface area contributed by atoms with E-state index in [4.69, 9.17) is 0 Å². The van der Waals surface area contributed by atoms with E-state index in [0.717, 1.165) is 18.5 Å². The minimum atomic E-state index is -0.433. The van der Waals surface area contributed by atoms with E-state index in [1.165, 1.54) is 0 Å². The molecule has 0 aliphatic heterocycles. The fourth-order valence-electron chi connectivity index (χ4n) is 2.15. The Bertz CT molecular complexity index is 507. The smallest absolute Gasteiger partial charge is 0.229 e. The number of anilines is 1. The average Bonchev–Trinajstić information content (AvgIpc) is 2.37. The first-order chi connectivity index (χ1) is 9.58. The van der Waals surface area contributed by atoms with Crippen LogP contribution in [0.4, 0.5) is 5.69 Å². The van der Waals surface area contributed by atoms with E-state index >= 15 is 0 Å². The molecule has 3 heteroatoms. The molecule has 0 atom stereocenters. The lowest BCUT2D eigenvalue weighted by atomic mass is 9.80.